The maximum absolute atomic E-state index is 11.0. The molecule has 0 saturated heterocycles. The van der Waals surface area contributed by atoms with Gasteiger partial charge < -0.3 is 9.47 Å². The second kappa shape index (κ2) is 7.29. The van der Waals surface area contributed by atoms with Crippen LogP contribution in [0.5, 0.6) is 11.5 Å². The van der Waals surface area contributed by atoms with Crippen molar-refractivity contribution >= 4 is 11.5 Å². The van der Waals surface area contributed by atoms with Crippen molar-refractivity contribution in [1.82, 2.24) is 0 Å². The maximum Gasteiger partial charge on any atom is 0.291 e. The van der Waals surface area contributed by atoms with Crippen molar-refractivity contribution in [1.29, 1.82) is 5.26 Å². The average molecular weight is 415 g/mol. The number of hydrogen-bond acceptors (Lipinski definition) is 6. The first-order chi connectivity index (χ1) is 15.1. The van der Waals surface area contributed by atoms with Gasteiger partial charge in [-0.3, -0.25) is 15.8 Å². The highest BCUT2D eigenvalue weighted by Crippen LogP contribution is 2.40. The number of nitrogens with two attached hydrogens (primary N) is 1. The third-order valence-electron chi connectivity index (χ3n) is 5.74. The zero-order valence-electron chi connectivity index (χ0n) is 16.6. The second-order valence-corrected chi connectivity index (χ2v) is 7.53. The number of anilines is 1. The summed E-state index contributed by atoms with van der Waals surface area (Å²) in [4.78, 5) is 10.6. The molecule has 3 aromatic rings. The lowest BCUT2D eigenvalue weighted by Crippen LogP contribution is -2.44. The van der Waals surface area contributed by atoms with Crippen LogP contribution >= 0.6 is 0 Å². The van der Waals surface area contributed by atoms with Crippen LogP contribution in [0.3, 0.4) is 0 Å². The molecule has 2 aromatic carbocycles. The van der Waals surface area contributed by atoms with E-state index >= 15 is 0 Å². The van der Waals surface area contributed by atoms with Crippen molar-refractivity contribution in [3.05, 3.63) is 63.7 Å². The molecule has 154 valence electrons. The van der Waals surface area contributed by atoms with E-state index < -0.39 is 4.92 Å². The molecule has 5 rings (SSSR count). The summed E-state index contributed by atoms with van der Waals surface area (Å²) in [5.74, 6) is 1.83. The molecule has 3 heterocycles. The van der Waals surface area contributed by atoms with Crippen LogP contribution in [0.25, 0.3) is 22.4 Å². The molecule has 2 aliphatic rings. The number of ether oxygens (including phenoxy) is 2. The smallest absolute Gasteiger partial charge is 0.291 e. The molecule has 1 aromatic heterocycles. The van der Waals surface area contributed by atoms with Gasteiger partial charge in [0, 0.05) is 36.1 Å². The van der Waals surface area contributed by atoms with E-state index in [0.29, 0.717) is 48.0 Å². The fraction of sp³-hybridized carbons (Fsp3) is 0.217. The third kappa shape index (κ3) is 3.11. The Hall–Kier alpha value is -4.12. The lowest BCUT2D eigenvalue weighted by Gasteiger charge is -2.22. The van der Waals surface area contributed by atoms with E-state index in [1.165, 1.54) is 12.1 Å². The van der Waals surface area contributed by atoms with Crippen LogP contribution in [0.4, 0.5) is 11.5 Å². The molecule has 0 radical (unpaired) electrons. The van der Waals surface area contributed by atoms with Crippen LogP contribution in [0.1, 0.15) is 17.5 Å². The Morgan fingerprint density at radius 1 is 1.06 bits per heavy atom. The van der Waals surface area contributed by atoms with Gasteiger partial charge in [-0.1, -0.05) is 0 Å². The van der Waals surface area contributed by atoms with Crippen LogP contribution in [-0.2, 0) is 13.0 Å². The Morgan fingerprint density at radius 2 is 1.77 bits per heavy atom. The highest BCUT2D eigenvalue weighted by Gasteiger charge is 2.29. The van der Waals surface area contributed by atoms with E-state index in [0.717, 1.165) is 35.4 Å². The molecule has 2 N–H and O–H groups in total. The van der Waals surface area contributed by atoms with Gasteiger partial charge in [-0.15, -0.1) is 0 Å². The Balaban J connectivity index is 1.70. The number of nitriles is 1. The fourth-order valence-corrected chi connectivity index (χ4v) is 4.19. The number of aromatic nitrogens is 1. The molecule has 2 aliphatic heterocycles. The van der Waals surface area contributed by atoms with Gasteiger partial charge in [0.05, 0.1) is 24.7 Å². The minimum Gasteiger partial charge on any atom is -0.490 e. The summed E-state index contributed by atoms with van der Waals surface area (Å²) < 4.78 is 13.6. The summed E-state index contributed by atoms with van der Waals surface area (Å²) in [5, 5.41) is 20.8. The first kappa shape index (κ1) is 18.9. The number of rotatable bonds is 2. The van der Waals surface area contributed by atoms with E-state index in [4.69, 9.17) is 15.2 Å². The number of hydrogen-bond donors (Lipinski definition) is 1. The summed E-state index contributed by atoms with van der Waals surface area (Å²) in [6.07, 6.45) is 1.59. The predicted octanol–water partition coefficient (Wildman–Crippen LogP) is 3.39. The van der Waals surface area contributed by atoms with Crippen LogP contribution in [0.2, 0.25) is 0 Å². The molecule has 31 heavy (non-hydrogen) atoms. The van der Waals surface area contributed by atoms with Crippen LogP contribution in [0, 0.1) is 21.4 Å². The van der Waals surface area contributed by atoms with E-state index in [-0.39, 0.29) is 5.69 Å². The SMILES string of the molecule is N#Cc1c(-c2ccc([N+](=O)[O-])cc2)cc2[n+](c1N)CCc1cc3c(cc1-2)OCCCO3. The molecule has 0 amide bonds. The van der Waals surface area contributed by atoms with Gasteiger partial charge in [-0.2, -0.15) is 5.26 Å². The molecule has 0 saturated carbocycles. The van der Waals surface area contributed by atoms with Gasteiger partial charge >= 0.3 is 0 Å². The predicted molar refractivity (Wildman–Crippen MR) is 113 cm³/mol. The number of nitrogens with zero attached hydrogens (tertiary/aromatic N) is 3. The number of fused-ring (bicyclic) bond motifs is 4. The topological polar surface area (TPSA) is 115 Å². The van der Waals surface area contributed by atoms with Gasteiger partial charge in [-0.25, -0.2) is 4.57 Å². The quantitative estimate of drug-likeness (QED) is 0.390. The van der Waals surface area contributed by atoms with Crippen LogP contribution < -0.4 is 19.8 Å². The van der Waals surface area contributed by atoms with E-state index in [9.17, 15) is 15.4 Å². The normalized spacial score (nSPS) is 14.0. The van der Waals surface area contributed by atoms with Crippen molar-refractivity contribution < 1.29 is 19.0 Å². The second-order valence-electron chi connectivity index (χ2n) is 7.53. The number of nitro benzene ring substituents is 1. The minimum absolute atomic E-state index is 0.00671. The van der Waals surface area contributed by atoms with Crippen molar-refractivity contribution in [2.45, 2.75) is 19.4 Å². The Labute approximate surface area is 178 Å². The summed E-state index contributed by atoms with van der Waals surface area (Å²) in [6.45, 7) is 1.86. The molecule has 0 unspecified atom stereocenters. The fourth-order valence-electron chi connectivity index (χ4n) is 4.19. The van der Waals surface area contributed by atoms with Crippen molar-refractivity contribution in [2.24, 2.45) is 0 Å². The number of nitro groups is 1. The zero-order valence-corrected chi connectivity index (χ0v) is 16.6. The number of non-ortho nitro benzene ring substituents is 1. The summed E-state index contributed by atoms with van der Waals surface area (Å²) in [7, 11) is 0. The van der Waals surface area contributed by atoms with Gasteiger partial charge in [0.25, 0.3) is 11.5 Å². The molecule has 8 nitrogen and oxygen atoms in total. The van der Waals surface area contributed by atoms with Crippen LogP contribution in [0.15, 0.2) is 42.5 Å². The van der Waals surface area contributed by atoms with E-state index in [2.05, 4.69) is 6.07 Å². The van der Waals surface area contributed by atoms with Gasteiger partial charge in [-0.05, 0) is 41.5 Å². The lowest BCUT2D eigenvalue weighted by atomic mass is 9.92. The number of aryl methyl sites for hydroxylation is 1. The lowest BCUT2D eigenvalue weighted by molar-refractivity contribution is -0.673. The Morgan fingerprint density at radius 3 is 2.45 bits per heavy atom. The zero-order chi connectivity index (χ0) is 21.5. The monoisotopic (exact) mass is 415 g/mol. The van der Waals surface area contributed by atoms with E-state index in [1.807, 2.05) is 22.8 Å². The third-order valence-corrected chi connectivity index (χ3v) is 5.74. The standard InChI is InChI=1S/C23H18N4O4/c24-13-19-17(14-2-4-16(5-3-14)27(28)29)11-20-18-12-22-21(30-8-1-9-31-22)10-15(18)6-7-26(20)23(19)25/h2-5,10-12,25H,1,6-9H2/p+1. The highest BCUT2D eigenvalue weighted by molar-refractivity contribution is 5.80. The summed E-state index contributed by atoms with van der Waals surface area (Å²) in [5.41, 5.74) is 11.1. The number of nitrogen functional groups attached to an aromatic ring is 1. The average Bonchev–Trinajstić information content (AvgIpc) is 3.02. The van der Waals surface area contributed by atoms with Gasteiger partial charge in [0.15, 0.2) is 11.5 Å². The Bertz CT molecular complexity index is 1260. The largest absolute Gasteiger partial charge is 0.490 e. The van der Waals surface area contributed by atoms with Crippen molar-refractivity contribution in [2.75, 3.05) is 18.9 Å². The summed E-state index contributed by atoms with van der Waals surface area (Å²) in [6, 6.07) is 14.3. The van der Waals surface area contributed by atoms with E-state index in [1.54, 1.807) is 12.1 Å². The molecule has 0 spiro atoms. The molecular weight excluding hydrogens is 396 g/mol. The van der Waals surface area contributed by atoms with Gasteiger partial charge in [0.2, 0.25) is 0 Å². The molecule has 0 atom stereocenters. The Kier molecular flexibility index (Phi) is 4.44. The number of pyridine rings is 1. The first-order valence-corrected chi connectivity index (χ1v) is 10.0. The first-order valence-electron chi connectivity index (χ1n) is 10.0. The van der Waals surface area contributed by atoms with Gasteiger partial charge in [0.1, 0.15) is 17.3 Å². The number of benzene rings is 2. The maximum atomic E-state index is 11.0. The van der Waals surface area contributed by atoms with Crippen molar-refractivity contribution in [3.63, 3.8) is 0 Å². The van der Waals surface area contributed by atoms with Crippen molar-refractivity contribution in [3.8, 4) is 40.0 Å². The summed E-state index contributed by atoms with van der Waals surface area (Å²) >= 11 is 0. The molecule has 0 aliphatic carbocycles. The molecular formula is C23H19N4O4+. The molecule has 0 fully saturated rings. The van der Waals surface area contributed by atoms with Crippen LogP contribution in [-0.4, -0.2) is 18.1 Å². The molecule has 0 bridgehead atoms. The highest BCUT2D eigenvalue weighted by atomic mass is 16.6. The minimum atomic E-state index is -0.448. The molecule has 8 heteroatoms.